The van der Waals surface area contributed by atoms with E-state index in [1.54, 1.807) is 0 Å². The van der Waals surface area contributed by atoms with E-state index in [0.717, 1.165) is 6.42 Å². The molecule has 1 fully saturated rings. The summed E-state index contributed by atoms with van der Waals surface area (Å²) in [6.45, 7) is 4.42. The molecule has 1 saturated heterocycles. The zero-order valence-electron chi connectivity index (χ0n) is 11.0. The van der Waals surface area contributed by atoms with Crippen molar-refractivity contribution in [1.82, 2.24) is 0 Å². The van der Waals surface area contributed by atoms with Crippen molar-refractivity contribution >= 4 is 23.5 Å². The molecule has 3 heteroatoms. The smallest absolute Gasteiger partial charge is 0.116 e. The van der Waals surface area contributed by atoms with Crippen molar-refractivity contribution in [2.24, 2.45) is 5.41 Å². The third-order valence-corrected chi connectivity index (χ3v) is 7.41. The van der Waals surface area contributed by atoms with E-state index < -0.39 is 5.60 Å². The van der Waals surface area contributed by atoms with Crippen LogP contribution in [0.2, 0.25) is 0 Å². The van der Waals surface area contributed by atoms with Crippen molar-refractivity contribution in [2.45, 2.75) is 36.9 Å². The molecule has 0 spiro atoms. The Kier molecular flexibility index (Phi) is 3.20. The van der Waals surface area contributed by atoms with E-state index in [0.29, 0.717) is 0 Å². The summed E-state index contributed by atoms with van der Waals surface area (Å²) in [5, 5.41) is 11.5. The lowest BCUT2D eigenvalue weighted by atomic mass is 9.76. The van der Waals surface area contributed by atoms with Gasteiger partial charge in [-0.3, -0.25) is 0 Å². The maximum Gasteiger partial charge on any atom is 0.116 e. The molecule has 98 valence electrons. The average molecular weight is 280 g/mol. The van der Waals surface area contributed by atoms with Gasteiger partial charge in [0.25, 0.3) is 0 Å². The highest BCUT2D eigenvalue weighted by molar-refractivity contribution is 8.17. The normalized spacial score (nSPS) is 31.3. The number of fused-ring (bicyclic) bond motifs is 1. The first kappa shape index (κ1) is 12.9. The largest absolute Gasteiger partial charge is 0.383 e. The van der Waals surface area contributed by atoms with Gasteiger partial charge < -0.3 is 5.11 Å². The lowest BCUT2D eigenvalue weighted by Gasteiger charge is -2.44. The molecular weight excluding hydrogens is 260 g/mol. The zero-order chi connectivity index (χ0) is 12.8. The summed E-state index contributed by atoms with van der Waals surface area (Å²) in [7, 11) is 0. The third kappa shape index (κ3) is 1.75. The van der Waals surface area contributed by atoms with E-state index in [1.165, 1.54) is 29.1 Å². The molecule has 0 amide bonds. The summed E-state index contributed by atoms with van der Waals surface area (Å²) in [4.78, 5) is 0. The highest BCUT2D eigenvalue weighted by Gasteiger charge is 2.56. The molecule has 0 bridgehead atoms. The van der Waals surface area contributed by atoms with Crippen LogP contribution in [0, 0.1) is 5.41 Å². The summed E-state index contributed by atoms with van der Waals surface area (Å²) in [5.41, 5.74) is 1.75. The van der Waals surface area contributed by atoms with Crippen LogP contribution < -0.4 is 0 Å². The lowest BCUT2D eigenvalue weighted by Crippen LogP contribution is -2.46. The van der Waals surface area contributed by atoms with E-state index in [2.05, 4.69) is 38.1 Å². The molecule has 0 aromatic heterocycles. The van der Waals surface area contributed by atoms with Crippen LogP contribution in [0.4, 0.5) is 0 Å². The standard InChI is InChI=1S/C15H20OS2/c1-14(2)10-11-6-3-4-7-12(11)15(14,16)13-17-8-5-9-18-13/h3-4,6-7,13,16H,5,8-10H2,1-2H3. The molecule has 0 radical (unpaired) electrons. The van der Waals surface area contributed by atoms with Gasteiger partial charge in [0.2, 0.25) is 0 Å². The number of hydrogen-bond acceptors (Lipinski definition) is 3. The predicted molar refractivity (Wildman–Crippen MR) is 81.1 cm³/mol. The van der Waals surface area contributed by atoms with Gasteiger partial charge in [-0.15, -0.1) is 23.5 Å². The minimum absolute atomic E-state index is 0.0707. The van der Waals surface area contributed by atoms with Gasteiger partial charge in [-0.05, 0) is 35.5 Å². The fourth-order valence-corrected chi connectivity index (χ4v) is 6.77. The molecule has 2 aliphatic rings. The first-order valence-electron chi connectivity index (χ1n) is 6.60. The quantitative estimate of drug-likeness (QED) is 0.848. The second kappa shape index (κ2) is 4.46. The van der Waals surface area contributed by atoms with Gasteiger partial charge in [0, 0.05) is 5.41 Å². The number of thioether (sulfide) groups is 2. The van der Waals surface area contributed by atoms with Crippen molar-refractivity contribution in [2.75, 3.05) is 11.5 Å². The minimum Gasteiger partial charge on any atom is -0.383 e. The fourth-order valence-electron chi connectivity index (χ4n) is 3.20. The Morgan fingerprint density at radius 3 is 2.56 bits per heavy atom. The van der Waals surface area contributed by atoms with Crippen LogP contribution in [0.3, 0.4) is 0 Å². The average Bonchev–Trinajstić information content (AvgIpc) is 2.59. The highest BCUT2D eigenvalue weighted by Crippen LogP contribution is 2.57. The number of benzene rings is 1. The first-order valence-corrected chi connectivity index (χ1v) is 8.69. The van der Waals surface area contributed by atoms with Gasteiger partial charge in [-0.25, -0.2) is 0 Å². The van der Waals surface area contributed by atoms with Crippen molar-refractivity contribution in [1.29, 1.82) is 0 Å². The van der Waals surface area contributed by atoms with Crippen molar-refractivity contribution in [3.8, 4) is 0 Å². The SMILES string of the molecule is CC1(C)Cc2ccccc2C1(O)C1SCCCS1. The van der Waals surface area contributed by atoms with Gasteiger partial charge in [-0.1, -0.05) is 38.1 Å². The van der Waals surface area contributed by atoms with E-state index in [1.807, 2.05) is 23.5 Å². The maximum absolute atomic E-state index is 11.5. The molecule has 1 heterocycles. The van der Waals surface area contributed by atoms with Crippen LogP contribution >= 0.6 is 23.5 Å². The molecule has 1 aliphatic heterocycles. The molecule has 1 aliphatic carbocycles. The highest BCUT2D eigenvalue weighted by atomic mass is 32.2. The number of hydrogen-bond donors (Lipinski definition) is 1. The molecule has 1 aromatic rings. The van der Waals surface area contributed by atoms with Crippen LogP contribution in [-0.4, -0.2) is 21.2 Å². The molecule has 1 aromatic carbocycles. The monoisotopic (exact) mass is 280 g/mol. The van der Waals surface area contributed by atoms with Crippen LogP contribution in [0.1, 0.15) is 31.4 Å². The Morgan fingerprint density at radius 1 is 1.17 bits per heavy atom. The Morgan fingerprint density at radius 2 is 1.83 bits per heavy atom. The molecule has 18 heavy (non-hydrogen) atoms. The topological polar surface area (TPSA) is 20.2 Å². The van der Waals surface area contributed by atoms with Crippen LogP contribution in [-0.2, 0) is 12.0 Å². The second-order valence-electron chi connectivity index (χ2n) is 5.91. The van der Waals surface area contributed by atoms with Gasteiger partial charge >= 0.3 is 0 Å². The minimum atomic E-state index is -0.681. The molecule has 3 rings (SSSR count). The summed E-state index contributed by atoms with van der Waals surface area (Å²) >= 11 is 3.88. The third-order valence-electron chi connectivity index (χ3n) is 4.26. The lowest BCUT2D eigenvalue weighted by molar-refractivity contribution is -0.0443. The van der Waals surface area contributed by atoms with E-state index in [-0.39, 0.29) is 10.00 Å². The van der Waals surface area contributed by atoms with E-state index >= 15 is 0 Å². The maximum atomic E-state index is 11.5. The summed E-state index contributed by atoms with van der Waals surface area (Å²) < 4.78 is 0.282. The first-order chi connectivity index (χ1) is 8.56. The number of aliphatic hydroxyl groups is 1. The fraction of sp³-hybridized carbons (Fsp3) is 0.600. The molecule has 0 saturated carbocycles. The summed E-state index contributed by atoms with van der Waals surface area (Å²) in [6.07, 6.45) is 2.25. The van der Waals surface area contributed by atoms with Gasteiger partial charge in [0.15, 0.2) is 0 Å². The summed E-state index contributed by atoms with van der Waals surface area (Å²) in [5.74, 6) is 2.36. The molecule has 1 unspecified atom stereocenters. The van der Waals surface area contributed by atoms with E-state index in [9.17, 15) is 5.11 Å². The van der Waals surface area contributed by atoms with Crippen LogP contribution in [0.15, 0.2) is 24.3 Å². The Balaban J connectivity index is 2.06. The van der Waals surface area contributed by atoms with Gasteiger partial charge in [0.05, 0.1) is 4.58 Å². The Bertz CT molecular complexity index is 452. The Labute approximate surface area is 118 Å². The van der Waals surface area contributed by atoms with Crippen molar-refractivity contribution in [3.63, 3.8) is 0 Å². The predicted octanol–water partition coefficient (Wildman–Crippen LogP) is 3.65. The number of rotatable bonds is 1. The van der Waals surface area contributed by atoms with Gasteiger partial charge in [-0.2, -0.15) is 0 Å². The van der Waals surface area contributed by atoms with Crippen molar-refractivity contribution in [3.05, 3.63) is 35.4 Å². The van der Waals surface area contributed by atoms with E-state index in [4.69, 9.17) is 0 Å². The molecule has 1 atom stereocenters. The van der Waals surface area contributed by atoms with Gasteiger partial charge in [0.1, 0.15) is 5.60 Å². The summed E-state index contributed by atoms with van der Waals surface area (Å²) in [6, 6.07) is 8.44. The Hall–Kier alpha value is -0.120. The molecular formula is C15H20OS2. The molecule has 1 nitrogen and oxygen atoms in total. The van der Waals surface area contributed by atoms with Crippen LogP contribution in [0.25, 0.3) is 0 Å². The molecule has 1 N–H and O–H groups in total. The van der Waals surface area contributed by atoms with Crippen LogP contribution in [0.5, 0.6) is 0 Å². The van der Waals surface area contributed by atoms with Crippen molar-refractivity contribution < 1.29 is 5.11 Å². The zero-order valence-corrected chi connectivity index (χ0v) is 12.6. The second-order valence-corrected chi connectivity index (χ2v) is 8.64.